The summed E-state index contributed by atoms with van der Waals surface area (Å²) in [5.74, 6) is -2.28. The quantitative estimate of drug-likeness (QED) is 0.597. The topological polar surface area (TPSA) is 101 Å². The van der Waals surface area contributed by atoms with Gasteiger partial charge in [0.2, 0.25) is 5.82 Å². The van der Waals surface area contributed by atoms with Crippen molar-refractivity contribution in [2.24, 2.45) is 0 Å². The first-order chi connectivity index (χ1) is 7.41. The van der Waals surface area contributed by atoms with Crippen molar-refractivity contribution in [1.29, 1.82) is 0 Å². The molecule has 6 nitrogen and oxygen atoms in total. The Bertz CT molecular complexity index is 434. The first-order valence-electron chi connectivity index (χ1n) is 4.25. The summed E-state index contributed by atoms with van der Waals surface area (Å²) in [6.07, 6.45) is -1.99. The van der Waals surface area contributed by atoms with Crippen molar-refractivity contribution < 1.29 is 24.3 Å². The van der Waals surface area contributed by atoms with Crippen LogP contribution in [0.3, 0.4) is 0 Å². The second kappa shape index (κ2) is 4.67. The molecule has 0 aromatic heterocycles. The first kappa shape index (κ1) is 12.1. The predicted octanol–water partition coefficient (Wildman–Crippen LogP) is 1.24. The van der Waals surface area contributed by atoms with E-state index in [2.05, 4.69) is 0 Å². The Morgan fingerprint density at radius 2 is 2.19 bits per heavy atom. The van der Waals surface area contributed by atoms with Crippen molar-refractivity contribution in [3.8, 4) is 0 Å². The van der Waals surface area contributed by atoms with E-state index >= 15 is 0 Å². The number of carbonyl (C=O) groups is 1. The summed E-state index contributed by atoms with van der Waals surface area (Å²) in [7, 11) is 0. The predicted molar refractivity (Wildman–Crippen MR) is 50.3 cm³/mol. The molecule has 1 aromatic carbocycles. The average molecular weight is 229 g/mol. The highest BCUT2D eigenvalue weighted by Gasteiger charge is 2.19. The fraction of sp³-hybridized carbons (Fsp3) is 0.222. The van der Waals surface area contributed by atoms with Crippen LogP contribution in [0.25, 0.3) is 0 Å². The molecule has 0 aliphatic heterocycles. The van der Waals surface area contributed by atoms with Gasteiger partial charge in [-0.15, -0.1) is 0 Å². The summed E-state index contributed by atoms with van der Waals surface area (Å²) < 4.78 is 12.9. The molecule has 0 radical (unpaired) electrons. The minimum atomic E-state index is -1.39. The zero-order valence-electron chi connectivity index (χ0n) is 7.96. The van der Waals surface area contributed by atoms with Gasteiger partial charge in [0, 0.05) is 6.07 Å². The van der Waals surface area contributed by atoms with Gasteiger partial charge >= 0.3 is 11.7 Å². The lowest BCUT2D eigenvalue weighted by Gasteiger charge is -2.07. The number of carboxylic acid groups (broad SMARTS) is 1. The monoisotopic (exact) mass is 229 g/mol. The van der Waals surface area contributed by atoms with Crippen molar-refractivity contribution >= 4 is 11.7 Å². The lowest BCUT2D eigenvalue weighted by atomic mass is 10.1. The van der Waals surface area contributed by atoms with Crippen molar-refractivity contribution in [1.82, 2.24) is 0 Å². The highest BCUT2D eigenvalue weighted by molar-refractivity contribution is 5.67. The molecule has 0 saturated carbocycles. The molecular weight excluding hydrogens is 221 g/mol. The average Bonchev–Trinajstić information content (AvgIpc) is 2.16. The third kappa shape index (κ3) is 2.74. The Balaban J connectivity index is 3.02. The maximum Gasteiger partial charge on any atom is 0.306 e. The van der Waals surface area contributed by atoms with E-state index < -0.39 is 34.9 Å². The van der Waals surface area contributed by atoms with Gasteiger partial charge in [-0.1, -0.05) is 6.07 Å². The molecule has 86 valence electrons. The second-order valence-electron chi connectivity index (χ2n) is 3.08. The van der Waals surface area contributed by atoms with Gasteiger partial charge in [-0.05, 0) is 11.6 Å². The van der Waals surface area contributed by atoms with Gasteiger partial charge in [0.15, 0.2) is 0 Å². The number of nitro benzene ring substituents is 1. The number of aliphatic hydroxyl groups is 1. The molecule has 2 N–H and O–H groups in total. The van der Waals surface area contributed by atoms with Crippen LogP contribution in [0.2, 0.25) is 0 Å². The van der Waals surface area contributed by atoms with E-state index in [9.17, 15) is 24.4 Å². The Labute approximate surface area is 89.1 Å². The molecule has 0 aliphatic rings. The molecule has 0 spiro atoms. The highest BCUT2D eigenvalue weighted by atomic mass is 19.1. The number of hydrogen-bond donors (Lipinski definition) is 2. The summed E-state index contributed by atoms with van der Waals surface area (Å²) >= 11 is 0. The molecular formula is C9H8FNO5. The number of nitrogens with zero attached hydrogens (tertiary/aromatic N) is 1. The molecule has 0 fully saturated rings. The first-order valence-corrected chi connectivity index (χ1v) is 4.25. The van der Waals surface area contributed by atoms with E-state index in [-0.39, 0.29) is 5.56 Å². The van der Waals surface area contributed by atoms with Gasteiger partial charge in [0.1, 0.15) is 0 Å². The largest absolute Gasteiger partial charge is 0.481 e. The van der Waals surface area contributed by atoms with E-state index in [4.69, 9.17) is 5.11 Å². The fourth-order valence-electron chi connectivity index (χ4n) is 1.16. The molecule has 0 unspecified atom stereocenters. The summed E-state index contributed by atoms with van der Waals surface area (Å²) in [6, 6.07) is 2.75. The van der Waals surface area contributed by atoms with Gasteiger partial charge in [0.05, 0.1) is 17.4 Å². The maximum atomic E-state index is 12.9. The highest BCUT2D eigenvalue weighted by Crippen LogP contribution is 2.24. The Morgan fingerprint density at radius 3 is 2.69 bits per heavy atom. The van der Waals surface area contributed by atoms with E-state index in [1.807, 2.05) is 0 Å². The van der Waals surface area contributed by atoms with Gasteiger partial charge in [0.25, 0.3) is 0 Å². The minimum absolute atomic E-state index is 0.00417. The van der Waals surface area contributed by atoms with Crippen LogP contribution in [-0.2, 0) is 4.79 Å². The van der Waals surface area contributed by atoms with Crippen molar-refractivity contribution in [3.63, 3.8) is 0 Å². The Kier molecular flexibility index (Phi) is 3.51. The number of carboxylic acids is 1. The van der Waals surface area contributed by atoms with E-state index in [0.717, 1.165) is 18.2 Å². The van der Waals surface area contributed by atoms with Crippen LogP contribution in [0.15, 0.2) is 18.2 Å². The molecule has 0 bridgehead atoms. The SMILES string of the molecule is O=C(O)C[C@@H](O)c1ccc(F)c([N+](=O)[O-])c1. The number of nitro groups is 1. The Hall–Kier alpha value is -2.02. The molecule has 16 heavy (non-hydrogen) atoms. The van der Waals surface area contributed by atoms with Crippen LogP contribution in [-0.4, -0.2) is 21.1 Å². The molecule has 1 atom stereocenters. The smallest absolute Gasteiger partial charge is 0.306 e. The molecule has 1 aromatic rings. The summed E-state index contributed by atoms with van der Waals surface area (Å²) in [5, 5.41) is 28.2. The molecule has 7 heteroatoms. The van der Waals surface area contributed by atoms with Crippen LogP contribution in [0, 0.1) is 15.9 Å². The third-order valence-corrected chi connectivity index (χ3v) is 1.92. The van der Waals surface area contributed by atoms with Gasteiger partial charge < -0.3 is 10.2 Å². The number of rotatable bonds is 4. The fourth-order valence-corrected chi connectivity index (χ4v) is 1.16. The molecule has 0 saturated heterocycles. The minimum Gasteiger partial charge on any atom is -0.481 e. The van der Waals surface area contributed by atoms with E-state index in [0.29, 0.717) is 0 Å². The molecule has 1 rings (SSSR count). The van der Waals surface area contributed by atoms with Crippen LogP contribution in [0.1, 0.15) is 18.1 Å². The summed E-state index contributed by atoms with van der Waals surface area (Å²) in [4.78, 5) is 19.7. The zero-order chi connectivity index (χ0) is 12.3. The van der Waals surface area contributed by atoms with E-state index in [1.165, 1.54) is 0 Å². The summed E-state index contributed by atoms with van der Waals surface area (Å²) in [5.41, 5.74) is -0.794. The van der Waals surface area contributed by atoms with Gasteiger partial charge in [-0.3, -0.25) is 14.9 Å². The lowest BCUT2D eigenvalue weighted by Crippen LogP contribution is -2.06. The van der Waals surface area contributed by atoms with Crippen LogP contribution < -0.4 is 0 Å². The maximum absolute atomic E-state index is 12.9. The van der Waals surface area contributed by atoms with Crippen molar-refractivity contribution in [3.05, 3.63) is 39.7 Å². The standard InChI is InChI=1S/C9H8FNO5/c10-6-2-1-5(3-7(6)11(15)16)8(12)4-9(13)14/h1-3,8,12H,4H2,(H,13,14)/t8-/m1/s1. The van der Waals surface area contributed by atoms with Crippen LogP contribution >= 0.6 is 0 Å². The molecule has 0 heterocycles. The number of aliphatic hydroxyl groups excluding tert-OH is 1. The third-order valence-electron chi connectivity index (χ3n) is 1.92. The van der Waals surface area contributed by atoms with Gasteiger partial charge in [-0.25, -0.2) is 0 Å². The van der Waals surface area contributed by atoms with Crippen LogP contribution in [0.4, 0.5) is 10.1 Å². The zero-order valence-corrected chi connectivity index (χ0v) is 7.96. The number of aliphatic carboxylic acids is 1. The Morgan fingerprint density at radius 1 is 1.56 bits per heavy atom. The van der Waals surface area contributed by atoms with E-state index in [1.54, 1.807) is 0 Å². The number of benzene rings is 1. The number of halogens is 1. The normalized spacial score (nSPS) is 12.1. The van der Waals surface area contributed by atoms with Gasteiger partial charge in [-0.2, -0.15) is 4.39 Å². The lowest BCUT2D eigenvalue weighted by molar-refractivity contribution is -0.387. The van der Waals surface area contributed by atoms with Crippen molar-refractivity contribution in [2.75, 3.05) is 0 Å². The van der Waals surface area contributed by atoms with Crippen molar-refractivity contribution in [2.45, 2.75) is 12.5 Å². The second-order valence-corrected chi connectivity index (χ2v) is 3.08. The molecule has 0 aliphatic carbocycles. The molecule has 0 amide bonds. The summed E-state index contributed by atoms with van der Waals surface area (Å²) in [6.45, 7) is 0. The number of hydrogen-bond acceptors (Lipinski definition) is 4. The van der Waals surface area contributed by atoms with Crippen LogP contribution in [0.5, 0.6) is 0 Å².